The quantitative estimate of drug-likeness (QED) is 0.383. The summed E-state index contributed by atoms with van der Waals surface area (Å²) in [6.45, 7) is 4.20. The average molecular weight is 445 g/mol. The Balaban J connectivity index is 1.40. The van der Waals surface area contributed by atoms with Gasteiger partial charge >= 0.3 is 5.97 Å². The Hall–Kier alpha value is -3.87. The molecule has 170 valence electrons. The zero-order valence-electron chi connectivity index (χ0n) is 19.1. The number of hydrogen-bond donors (Lipinski definition) is 2. The van der Waals surface area contributed by atoms with Gasteiger partial charge in [-0.3, -0.25) is 9.48 Å². The van der Waals surface area contributed by atoms with E-state index in [2.05, 4.69) is 27.5 Å². The number of hydrogen-bond acceptors (Lipinski definition) is 4. The Kier molecular flexibility index (Phi) is 6.58. The number of nitrogens with one attached hydrogen (secondary N) is 2. The van der Waals surface area contributed by atoms with Crippen molar-refractivity contribution in [3.05, 3.63) is 82.8 Å². The molecule has 2 aromatic carbocycles. The summed E-state index contributed by atoms with van der Waals surface area (Å²) in [5, 5.41) is 8.82. The highest BCUT2D eigenvalue weighted by Gasteiger charge is 2.17. The Labute approximate surface area is 192 Å². The van der Waals surface area contributed by atoms with Crippen LogP contribution in [-0.2, 0) is 22.5 Å². The molecule has 0 atom stereocenters. The van der Waals surface area contributed by atoms with Crippen LogP contribution in [0.3, 0.4) is 0 Å². The number of carbonyl (C=O) groups excluding carboxylic acids is 2. The maximum atomic E-state index is 12.6. The third-order valence-corrected chi connectivity index (χ3v) is 5.91. The van der Waals surface area contributed by atoms with Crippen molar-refractivity contribution in [2.75, 3.05) is 12.4 Å². The van der Waals surface area contributed by atoms with Gasteiger partial charge in [-0.1, -0.05) is 36.4 Å². The Morgan fingerprint density at radius 1 is 1.06 bits per heavy atom. The second-order valence-corrected chi connectivity index (χ2v) is 8.11. The number of benzene rings is 2. The molecule has 2 aromatic heterocycles. The number of fused-ring (bicyclic) bond motifs is 1. The van der Waals surface area contributed by atoms with Gasteiger partial charge in [-0.25, -0.2) is 4.79 Å². The second kappa shape index (κ2) is 9.73. The summed E-state index contributed by atoms with van der Waals surface area (Å²) >= 11 is 0. The fourth-order valence-electron chi connectivity index (χ4n) is 4.14. The minimum Gasteiger partial charge on any atom is -0.465 e. The predicted molar refractivity (Wildman–Crippen MR) is 128 cm³/mol. The van der Waals surface area contributed by atoms with Crippen LogP contribution in [0.2, 0.25) is 0 Å². The van der Waals surface area contributed by atoms with Crippen LogP contribution in [0.1, 0.15) is 45.7 Å². The molecule has 0 unspecified atom stereocenters. The van der Waals surface area contributed by atoms with Crippen LogP contribution in [0.4, 0.5) is 5.69 Å². The smallest absolute Gasteiger partial charge is 0.338 e. The number of aryl methyl sites for hydroxylation is 2. The van der Waals surface area contributed by atoms with Crippen molar-refractivity contribution < 1.29 is 14.3 Å². The van der Waals surface area contributed by atoms with Gasteiger partial charge in [0.1, 0.15) is 0 Å². The number of H-pyrrole nitrogens is 1. The number of rotatable bonds is 8. The average Bonchev–Trinajstić information content (AvgIpc) is 3.35. The molecule has 0 saturated carbocycles. The zero-order chi connectivity index (χ0) is 23.4. The molecule has 2 N–H and O–H groups in total. The monoisotopic (exact) mass is 444 g/mol. The van der Waals surface area contributed by atoms with Gasteiger partial charge in [-0.05, 0) is 49.9 Å². The fraction of sp³-hybridized carbons (Fsp3) is 0.269. The summed E-state index contributed by atoms with van der Waals surface area (Å²) < 4.78 is 6.69. The molecular formula is C26H28N4O3. The van der Waals surface area contributed by atoms with Crippen molar-refractivity contribution in [2.24, 2.45) is 0 Å². The number of amides is 1. The third kappa shape index (κ3) is 4.82. The first-order valence-corrected chi connectivity index (χ1v) is 11.0. The number of esters is 1. The number of anilines is 1. The lowest BCUT2D eigenvalue weighted by molar-refractivity contribution is -0.116. The molecule has 0 spiro atoms. The molecule has 0 aliphatic rings. The van der Waals surface area contributed by atoms with E-state index in [4.69, 9.17) is 4.74 Å². The van der Waals surface area contributed by atoms with Crippen LogP contribution in [0.25, 0.3) is 10.9 Å². The van der Waals surface area contributed by atoms with Crippen LogP contribution in [-0.4, -0.2) is 33.8 Å². The van der Waals surface area contributed by atoms with Crippen molar-refractivity contribution in [3.8, 4) is 0 Å². The van der Waals surface area contributed by atoms with Crippen molar-refractivity contribution >= 4 is 28.5 Å². The number of methoxy groups -OCH3 is 1. The minimum atomic E-state index is -0.379. The first-order valence-electron chi connectivity index (χ1n) is 11.0. The van der Waals surface area contributed by atoms with E-state index in [9.17, 15) is 9.59 Å². The molecule has 1 amide bonds. The van der Waals surface area contributed by atoms with Gasteiger partial charge < -0.3 is 15.0 Å². The Bertz CT molecular complexity index is 1300. The van der Waals surface area contributed by atoms with Gasteiger partial charge in [0.25, 0.3) is 0 Å². The van der Waals surface area contributed by atoms with Crippen LogP contribution in [0, 0.1) is 13.8 Å². The molecule has 2 heterocycles. The zero-order valence-corrected chi connectivity index (χ0v) is 19.1. The summed E-state index contributed by atoms with van der Waals surface area (Å²) in [5.74, 6) is -0.411. The number of aromatic nitrogens is 3. The second-order valence-electron chi connectivity index (χ2n) is 8.11. The topological polar surface area (TPSA) is 89.0 Å². The first kappa shape index (κ1) is 22.3. The van der Waals surface area contributed by atoms with Crippen LogP contribution < -0.4 is 5.32 Å². The molecule has 0 radical (unpaired) electrons. The lowest BCUT2D eigenvalue weighted by Gasteiger charge is -2.10. The number of nitrogens with zero attached hydrogens (tertiary/aromatic N) is 2. The first-order chi connectivity index (χ1) is 16.0. The van der Waals surface area contributed by atoms with E-state index in [-0.39, 0.29) is 11.9 Å². The Morgan fingerprint density at radius 3 is 2.64 bits per heavy atom. The SMILES string of the molecule is COC(=O)c1ccccc1Cn1nc(C)c(NC(=O)CCCc2c[nH]c3ccccc23)c1C. The van der Waals surface area contributed by atoms with Crippen LogP contribution >= 0.6 is 0 Å². The molecule has 0 bridgehead atoms. The molecule has 33 heavy (non-hydrogen) atoms. The van der Waals surface area contributed by atoms with Gasteiger partial charge in [0.05, 0.1) is 36.3 Å². The van der Waals surface area contributed by atoms with Crippen LogP contribution in [0.5, 0.6) is 0 Å². The number of aromatic amines is 1. The van der Waals surface area contributed by atoms with E-state index >= 15 is 0 Å². The number of ether oxygens (including phenoxy) is 1. The summed E-state index contributed by atoms with van der Waals surface area (Å²) in [7, 11) is 1.37. The van der Waals surface area contributed by atoms with Crippen molar-refractivity contribution in [1.29, 1.82) is 0 Å². The normalized spacial score (nSPS) is 11.0. The van der Waals surface area contributed by atoms with Crippen LogP contribution in [0.15, 0.2) is 54.7 Å². The number of para-hydroxylation sites is 1. The summed E-state index contributed by atoms with van der Waals surface area (Å²) in [5.41, 5.74) is 5.97. The summed E-state index contributed by atoms with van der Waals surface area (Å²) in [6.07, 6.45) is 4.03. The van der Waals surface area contributed by atoms with Crippen molar-refractivity contribution in [2.45, 2.75) is 39.7 Å². The summed E-state index contributed by atoms with van der Waals surface area (Å²) in [4.78, 5) is 28.0. The molecule has 0 aliphatic carbocycles. The van der Waals surface area contributed by atoms with Gasteiger partial charge in [-0.15, -0.1) is 0 Å². The number of carbonyl (C=O) groups is 2. The van der Waals surface area contributed by atoms with Gasteiger partial charge in [0.15, 0.2) is 0 Å². The molecule has 4 aromatic rings. The lowest BCUT2D eigenvalue weighted by Crippen LogP contribution is -2.13. The van der Waals surface area contributed by atoms with Gasteiger partial charge in [-0.2, -0.15) is 5.10 Å². The summed E-state index contributed by atoms with van der Waals surface area (Å²) in [6, 6.07) is 15.5. The molecule has 0 fully saturated rings. The standard InChI is InChI=1S/C26H28N4O3/c1-17-25(18(2)30(29-17)16-20-9-4-5-12-22(20)26(32)33-3)28-24(31)14-8-10-19-15-27-23-13-7-6-11-21(19)23/h4-7,9,11-13,15,27H,8,10,14,16H2,1-3H3,(H,28,31). The highest BCUT2D eigenvalue weighted by atomic mass is 16.5. The van der Waals surface area contributed by atoms with Crippen molar-refractivity contribution in [3.63, 3.8) is 0 Å². The third-order valence-electron chi connectivity index (χ3n) is 5.91. The Morgan fingerprint density at radius 2 is 1.82 bits per heavy atom. The maximum Gasteiger partial charge on any atom is 0.338 e. The molecular weight excluding hydrogens is 416 g/mol. The van der Waals surface area contributed by atoms with Gasteiger partial charge in [0.2, 0.25) is 5.91 Å². The molecule has 0 aliphatic heterocycles. The minimum absolute atomic E-state index is 0.0319. The highest BCUT2D eigenvalue weighted by Crippen LogP contribution is 2.23. The molecule has 7 heteroatoms. The lowest BCUT2D eigenvalue weighted by atomic mass is 10.1. The van der Waals surface area contributed by atoms with E-state index in [1.807, 2.05) is 44.3 Å². The van der Waals surface area contributed by atoms with E-state index in [1.165, 1.54) is 18.1 Å². The van der Waals surface area contributed by atoms with E-state index in [0.717, 1.165) is 41.0 Å². The van der Waals surface area contributed by atoms with E-state index in [1.54, 1.807) is 16.8 Å². The molecule has 0 saturated heterocycles. The predicted octanol–water partition coefficient (Wildman–Crippen LogP) is 4.78. The van der Waals surface area contributed by atoms with Gasteiger partial charge in [0, 0.05) is 23.5 Å². The largest absolute Gasteiger partial charge is 0.465 e. The van der Waals surface area contributed by atoms with E-state index in [0.29, 0.717) is 18.5 Å². The molecule has 7 nitrogen and oxygen atoms in total. The fourth-order valence-corrected chi connectivity index (χ4v) is 4.14. The van der Waals surface area contributed by atoms with E-state index < -0.39 is 0 Å². The molecule has 4 rings (SSSR count). The maximum absolute atomic E-state index is 12.6. The highest BCUT2D eigenvalue weighted by molar-refractivity contribution is 5.92. The van der Waals surface area contributed by atoms with Crippen molar-refractivity contribution in [1.82, 2.24) is 14.8 Å².